The van der Waals surface area contributed by atoms with Crippen LogP contribution in [0.1, 0.15) is 12.1 Å². The first-order chi connectivity index (χ1) is 5.42. The molecule has 0 aliphatic carbocycles. The molecule has 4 heteroatoms. The monoisotopic (exact) mass is 151 g/mol. The number of hydrogen-bond acceptors (Lipinski definition) is 3. The molecule has 0 fully saturated rings. The Hall–Kier alpha value is -1.32. The second-order valence-corrected chi connectivity index (χ2v) is 2.44. The van der Waals surface area contributed by atoms with Crippen LogP contribution in [0.3, 0.4) is 0 Å². The van der Waals surface area contributed by atoms with Crippen LogP contribution in [0.5, 0.6) is 0 Å². The Kier molecular flexibility index (Phi) is 1.38. The lowest BCUT2D eigenvalue weighted by molar-refractivity contribution is 0.213. The average molecular weight is 151 g/mol. The van der Waals surface area contributed by atoms with Gasteiger partial charge in [0, 0.05) is 13.0 Å². The van der Waals surface area contributed by atoms with E-state index in [1.54, 1.807) is 7.11 Å². The molecule has 58 valence electrons. The van der Waals surface area contributed by atoms with E-state index < -0.39 is 0 Å². The predicted molar refractivity (Wildman–Crippen MR) is 40.4 cm³/mol. The number of rotatable bonds is 1. The van der Waals surface area contributed by atoms with Gasteiger partial charge in [0.1, 0.15) is 12.8 Å². The summed E-state index contributed by atoms with van der Waals surface area (Å²) in [5, 5.41) is 3.89. The number of imidazole rings is 1. The van der Waals surface area contributed by atoms with E-state index in [1.807, 2.05) is 12.5 Å². The highest BCUT2D eigenvalue weighted by Gasteiger charge is 2.17. The molecule has 0 N–H and O–H groups in total. The molecule has 0 unspecified atom stereocenters. The Morgan fingerprint density at radius 3 is 3.45 bits per heavy atom. The molecular weight excluding hydrogens is 142 g/mol. The van der Waals surface area contributed by atoms with E-state index in [0.717, 1.165) is 24.4 Å². The van der Waals surface area contributed by atoms with Crippen LogP contribution in [0, 0.1) is 0 Å². The maximum Gasteiger partial charge on any atom is 0.107 e. The van der Waals surface area contributed by atoms with E-state index >= 15 is 0 Å². The van der Waals surface area contributed by atoms with E-state index in [0.29, 0.717) is 0 Å². The highest BCUT2D eigenvalue weighted by Crippen LogP contribution is 2.13. The van der Waals surface area contributed by atoms with Crippen molar-refractivity contribution in [3.63, 3.8) is 0 Å². The van der Waals surface area contributed by atoms with Gasteiger partial charge in [0.2, 0.25) is 0 Å². The molecule has 1 aromatic rings. The summed E-state index contributed by atoms with van der Waals surface area (Å²) in [4.78, 5) is 8.70. The van der Waals surface area contributed by atoms with Crippen LogP contribution >= 0.6 is 0 Å². The van der Waals surface area contributed by atoms with Gasteiger partial charge >= 0.3 is 0 Å². The van der Waals surface area contributed by atoms with Crippen LogP contribution in [0.25, 0.3) is 0 Å². The van der Waals surface area contributed by atoms with Crippen LogP contribution in [-0.2, 0) is 11.4 Å². The molecule has 11 heavy (non-hydrogen) atoms. The zero-order valence-corrected chi connectivity index (χ0v) is 6.32. The van der Waals surface area contributed by atoms with Crippen molar-refractivity contribution in [1.29, 1.82) is 0 Å². The van der Waals surface area contributed by atoms with Crippen LogP contribution in [0.4, 0.5) is 0 Å². The fourth-order valence-corrected chi connectivity index (χ4v) is 1.30. The van der Waals surface area contributed by atoms with Gasteiger partial charge in [0.15, 0.2) is 0 Å². The number of aryl methyl sites for hydroxylation is 1. The molecule has 2 rings (SSSR count). The van der Waals surface area contributed by atoms with Gasteiger partial charge in [0.05, 0.1) is 18.2 Å². The largest absolute Gasteiger partial charge is 0.399 e. The number of aromatic nitrogens is 2. The van der Waals surface area contributed by atoms with E-state index in [2.05, 4.69) is 14.7 Å². The normalized spacial score (nSPS) is 18.8. The fraction of sp³-hybridized carbons (Fsp3) is 0.429. The topological polar surface area (TPSA) is 39.4 Å². The summed E-state index contributed by atoms with van der Waals surface area (Å²) in [6.07, 6.45) is 4.57. The Bertz CT molecular complexity index is 290. The zero-order chi connectivity index (χ0) is 7.68. The average Bonchev–Trinajstić information content (AvgIpc) is 2.53. The van der Waals surface area contributed by atoms with Crippen molar-refractivity contribution >= 4 is 5.71 Å². The first kappa shape index (κ1) is 6.39. The Morgan fingerprint density at radius 1 is 1.73 bits per heavy atom. The third kappa shape index (κ3) is 0.906. The lowest BCUT2D eigenvalue weighted by Gasteiger charge is -1.91. The van der Waals surface area contributed by atoms with Crippen LogP contribution in [0.2, 0.25) is 0 Å². The van der Waals surface area contributed by atoms with Crippen molar-refractivity contribution in [1.82, 2.24) is 9.55 Å². The summed E-state index contributed by atoms with van der Waals surface area (Å²) in [5.74, 6) is 0. The molecule has 4 nitrogen and oxygen atoms in total. The minimum Gasteiger partial charge on any atom is -0.399 e. The first-order valence-electron chi connectivity index (χ1n) is 3.52. The lowest BCUT2D eigenvalue weighted by Crippen LogP contribution is -1.94. The SMILES string of the molecule is CO/N=C1/CCn2cncc21. The molecule has 0 bridgehead atoms. The van der Waals surface area contributed by atoms with E-state index in [-0.39, 0.29) is 0 Å². The summed E-state index contributed by atoms with van der Waals surface area (Å²) < 4.78 is 2.07. The molecule has 0 saturated carbocycles. The molecule has 0 aromatic carbocycles. The minimum atomic E-state index is 0.950. The molecular formula is C7H9N3O. The minimum absolute atomic E-state index is 0.950. The predicted octanol–water partition coefficient (Wildman–Crippen LogP) is 0.637. The third-order valence-corrected chi connectivity index (χ3v) is 1.80. The van der Waals surface area contributed by atoms with E-state index in [4.69, 9.17) is 4.84 Å². The Balaban J connectivity index is 2.38. The highest BCUT2D eigenvalue weighted by atomic mass is 16.6. The molecule has 1 aliphatic heterocycles. The maximum atomic E-state index is 4.70. The van der Waals surface area contributed by atoms with Gasteiger partial charge in [0.25, 0.3) is 0 Å². The van der Waals surface area contributed by atoms with Crippen molar-refractivity contribution in [2.45, 2.75) is 13.0 Å². The smallest absolute Gasteiger partial charge is 0.107 e. The van der Waals surface area contributed by atoms with Gasteiger partial charge in [-0.05, 0) is 0 Å². The summed E-state index contributed by atoms with van der Waals surface area (Å²) in [5.41, 5.74) is 2.07. The Labute approximate surface area is 64.5 Å². The summed E-state index contributed by atoms with van der Waals surface area (Å²) >= 11 is 0. The van der Waals surface area contributed by atoms with E-state index in [1.165, 1.54) is 0 Å². The fourth-order valence-electron chi connectivity index (χ4n) is 1.30. The van der Waals surface area contributed by atoms with Gasteiger partial charge < -0.3 is 9.40 Å². The standard InChI is InChI=1S/C7H9N3O/c1-11-9-6-2-3-10-5-8-4-7(6)10/h4-5H,2-3H2,1H3/b9-6-. The van der Waals surface area contributed by atoms with Crippen molar-refractivity contribution in [3.05, 3.63) is 18.2 Å². The highest BCUT2D eigenvalue weighted by molar-refractivity contribution is 6.00. The second kappa shape index (κ2) is 2.38. The molecule has 0 amide bonds. The maximum absolute atomic E-state index is 4.70. The van der Waals surface area contributed by atoms with E-state index in [9.17, 15) is 0 Å². The molecule has 1 aromatic heterocycles. The van der Waals surface area contributed by atoms with Gasteiger partial charge in [-0.3, -0.25) is 0 Å². The third-order valence-electron chi connectivity index (χ3n) is 1.80. The van der Waals surface area contributed by atoms with Crippen molar-refractivity contribution < 1.29 is 4.84 Å². The number of fused-ring (bicyclic) bond motifs is 1. The summed E-state index contributed by atoms with van der Waals surface area (Å²) in [6, 6.07) is 0. The number of nitrogens with zero attached hydrogens (tertiary/aromatic N) is 3. The Morgan fingerprint density at radius 2 is 2.64 bits per heavy atom. The second-order valence-electron chi connectivity index (χ2n) is 2.44. The van der Waals surface area contributed by atoms with Gasteiger partial charge in [-0.1, -0.05) is 5.16 Å². The quantitative estimate of drug-likeness (QED) is 0.552. The molecule has 0 radical (unpaired) electrons. The first-order valence-corrected chi connectivity index (χ1v) is 3.52. The van der Waals surface area contributed by atoms with Crippen molar-refractivity contribution in [2.75, 3.05) is 7.11 Å². The molecule has 2 heterocycles. The summed E-state index contributed by atoms with van der Waals surface area (Å²) in [7, 11) is 1.56. The molecule has 0 atom stereocenters. The van der Waals surface area contributed by atoms with Gasteiger partial charge in [-0.2, -0.15) is 0 Å². The number of hydrogen-bond donors (Lipinski definition) is 0. The van der Waals surface area contributed by atoms with Crippen LogP contribution in [0.15, 0.2) is 17.7 Å². The number of oxime groups is 1. The van der Waals surface area contributed by atoms with Gasteiger partial charge in [-0.15, -0.1) is 0 Å². The molecule has 0 spiro atoms. The van der Waals surface area contributed by atoms with Crippen LogP contribution in [-0.4, -0.2) is 22.4 Å². The zero-order valence-electron chi connectivity index (χ0n) is 6.32. The molecule has 0 saturated heterocycles. The van der Waals surface area contributed by atoms with Crippen molar-refractivity contribution in [3.8, 4) is 0 Å². The summed E-state index contributed by atoms with van der Waals surface area (Å²) in [6.45, 7) is 0.970. The van der Waals surface area contributed by atoms with Crippen LogP contribution < -0.4 is 0 Å². The van der Waals surface area contributed by atoms with Crippen molar-refractivity contribution in [2.24, 2.45) is 5.16 Å². The molecule has 1 aliphatic rings. The lowest BCUT2D eigenvalue weighted by atomic mass is 10.3. The van der Waals surface area contributed by atoms with Gasteiger partial charge in [-0.25, -0.2) is 4.98 Å².